The third-order valence-corrected chi connectivity index (χ3v) is 3.64. The molecule has 0 atom stereocenters. The maximum atomic E-state index is 12.1. The third kappa shape index (κ3) is 2.47. The fraction of sp³-hybridized carbons (Fsp3) is 0.615. The number of rotatable bonds is 2. The molecule has 2 fully saturated rings. The summed E-state index contributed by atoms with van der Waals surface area (Å²) in [6.45, 7) is 4.16. The number of amides is 2. The van der Waals surface area contributed by atoms with E-state index in [9.17, 15) is 9.59 Å². The van der Waals surface area contributed by atoms with Gasteiger partial charge in [0, 0.05) is 38.2 Å². The first-order chi connectivity index (χ1) is 9.15. The highest BCUT2D eigenvalue weighted by Gasteiger charge is 2.35. The number of carbonyl (C=O) groups is 2. The van der Waals surface area contributed by atoms with Crippen LogP contribution < -0.4 is 0 Å². The molecule has 1 aromatic heterocycles. The maximum absolute atomic E-state index is 12.1. The summed E-state index contributed by atoms with van der Waals surface area (Å²) in [5.74, 6) is 0.639. The Morgan fingerprint density at radius 1 is 1.21 bits per heavy atom. The molecule has 0 aromatic carbocycles. The number of carbonyl (C=O) groups excluding carboxylic acids is 2. The summed E-state index contributed by atoms with van der Waals surface area (Å²) in [5, 5.41) is 3.72. The quantitative estimate of drug-likeness (QED) is 0.787. The van der Waals surface area contributed by atoms with Gasteiger partial charge in [0.15, 0.2) is 0 Å². The zero-order valence-electron chi connectivity index (χ0n) is 11.0. The van der Waals surface area contributed by atoms with Gasteiger partial charge in [-0.15, -0.1) is 0 Å². The van der Waals surface area contributed by atoms with Crippen LogP contribution in [0, 0.1) is 12.8 Å². The molecule has 2 heterocycles. The molecule has 1 saturated heterocycles. The number of hydrogen-bond acceptors (Lipinski definition) is 4. The zero-order chi connectivity index (χ0) is 13.4. The highest BCUT2D eigenvalue weighted by atomic mass is 16.5. The molecule has 0 radical (unpaired) electrons. The first-order valence-electron chi connectivity index (χ1n) is 6.66. The highest BCUT2D eigenvalue weighted by molar-refractivity contribution is 5.91. The van der Waals surface area contributed by atoms with Crippen LogP contribution in [0.15, 0.2) is 10.6 Å². The van der Waals surface area contributed by atoms with Crippen molar-refractivity contribution >= 4 is 11.8 Å². The second-order valence-electron chi connectivity index (χ2n) is 5.22. The maximum Gasteiger partial charge on any atom is 0.292 e. The molecule has 0 N–H and O–H groups in total. The molecule has 1 aromatic rings. The molecule has 0 spiro atoms. The minimum Gasteiger partial charge on any atom is -0.351 e. The Bertz CT molecular complexity index is 499. The van der Waals surface area contributed by atoms with Gasteiger partial charge < -0.3 is 14.3 Å². The molecule has 2 aliphatic rings. The van der Waals surface area contributed by atoms with Crippen molar-refractivity contribution in [1.29, 1.82) is 0 Å². The molecule has 19 heavy (non-hydrogen) atoms. The lowest BCUT2D eigenvalue weighted by Crippen LogP contribution is -2.51. The molecular weight excluding hydrogens is 246 g/mol. The van der Waals surface area contributed by atoms with Crippen LogP contribution >= 0.6 is 0 Å². The van der Waals surface area contributed by atoms with Crippen molar-refractivity contribution in [3.8, 4) is 0 Å². The van der Waals surface area contributed by atoms with E-state index in [0.717, 1.165) is 12.8 Å². The molecule has 3 rings (SSSR count). The van der Waals surface area contributed by atoms with E-state index in [1.807, 2.05) is 4.90 Å². The first-order valence-corrected chi connectivity index (χ1v) is 6.66. The van der Waals surface area contributed by atoms with E-state index in [0.29, 0.717) is 31.9 Å². The number of piperazine rings is 1. The summed E-state index contributed by atoms with van der Waals surface area (Å²) in [7, 11) is 0. The third-order valence-electron chi connectivity index (χ3n) is 3.64. The Balaban J connectivity index is 1.57. The van der Waals surface area contributed by atoms with E-state index in [1.54, 1.807) is 17.9 Å². The Morgan fingerprint density at radius 2 is 1.84 bits per heavy atom. The molecular formula is C13H17N3O3. The van der Waals surface area contributed by atoms with Crippen molar-refractivity contribution < 1.29 is 14.1 Å². The lowest BCUT2D eigenvalue weighted by Gasteiger charge is -2.34. The highest BCUT2D eigenvalue weighted by Crippen LogP contribution is 2.31. The normalized spacial score (nSPS) is 19.6. The first kappa shape index (κ1) is 12.2. The van der Waals surface area contributed by atoms with E-state index < -0.39 is 0 Å². The van der Waals surface area contributed by atoms with Crippen LogP contribution in [-0.4, -0.2) is 52.9 Å². The minimum absolute atomic E-state index is 0.140. The Hall–Kier alpha value is -1.85. The van der Waals surface area contributed by atoms with Gasteiger partial charge in [-0.2, -0.15) is 0 Å². The number of aromatic nitrogens is 1. The van der Waals surface area contributed by atoms with Gasteiger partial charge >= 0.3 is 0 Å². The average Bonchev–Trinajstić information content (AvgIpc) is 3.19. The molecule has 1 aliphatic heterocycles. The minimum atomic E-state index is -0.140. The van der Waals surface area contributed by atoms with Gasteiger partial charge in [-0.25, -0.2) is 0 Å². The lowest BCUT2D eigenvalue weighted by molar-refractivity contribution is -0.134. The monoisotopic (exact) mass is 263 g/mol. The SMILES string of the molecule is Cc1cc(C(=O)N2CCN(C(=O)C3CC3)CC2)on1. The lowest BCUT2D eigenvalue weighted by atomic mass is 10.2. The van der Waals surface area contributed by atoms with Crippen molar-refractivity contribution in [3.63, 3.8) is 0 Å². The van der Waals surface area contributed by atoms with Crippen LogP contribution in [0.3, 0.4) is 0 Å². The van der Waals surface area contributed by atoms with Gasteiger partial charge in [-0.1, -0.05) is 5.16 Å². The van der Waals surface area contributed by atoms with E-state index in [-0.39, 0.29) is 23.5 Å². The molecule has 0 unspecified atom stereocenters. The van der Waals surface area contributed by atoms with E-state index in [2.05, 4.69) is 5.16 Å². The molecule has 6 nitrogen and oxygen atoms in total. The van der Waals surface area contributed by atoms with Crippen LogP contribution in [-0.2, 0) is 4.79 Å². The second-order valence-corrected chi connectivity index (χ2v) is 5.22. The van der Waals surface area contributed by atoms with Crippen LogP contribution in [0.4, 0.5) is 0 Å². The van der Waals surface area contributed by atoms with Crippen molar-refractivity contribution in [2.45, 2.75) is 19.8 Å². The van der Waals surface area contributed by atoms with Gasteiger partial charge in [0.1, 0.15) is 0 Å². The van der Waals surface area contributed by atoms with Crippen molar-refractivity contribution in [2.24, 2.45) is 5.92 Å². The summed E-state index contributed by atoms with van der Waals surface area (Å²) in [4.78, 5) is 27.6. The summed E-state index contributed by atoms with van der Waals surface area (Å²) in [6, 6.07) is 1.64. The molecule has 0 bridgehead atoms. The Morgan fingerprint density at radius 3 is 2.37 bits per heavy atom. The smallest absolute Gasteiger partial charge is 0.292 e. The largest absolute Gasteiger partial charge is 0.351 e. The van der Waals surface area contributed by atoms with Gasteiger partial charge in [0.2, 0.25) is 11.7 Å². The van der Waals surface area contributed by atoms with Crippen LogP contribution in [0.25, 0.3) is 0 Å². The van der Waals surface area contributed by atoms with E-state index in [1.165, 1.54) is 0 Å². The number of hydrogen-bond donors (Lipinski definition) is 0. The van der Waals surface area contributed by atoms with E-state index >= 15 is 0 Å². The van der Waals surface area contributed by atoms with Crippen LogP contribution in [0.2, 0.25) is 0 Å². The van der Waals surface area contributed by atoms with Crippen LogP contribution in [0.5, 0.6) is 0 Å². The van der Waals surface area contributed by atoms with Crippen LogP contribution in [0.1, 0.15) is 29.1 Å². The standard InChI is InChI=1S/C13H17N3O3/c1-9-8-11(19-14-9)13(18)16-6-4-15(5-7-16)12(17)10-2-3-10/h8,10H,2-7H2,1H3. The molecule has 102 valence electrons. The van der Waals surface area contributed by atoms with E-state index in [4.69, 9.17) is 4.52 Å². The zero-order valence-corrected chi connectivity index (χ0v) is 11.0. The van der Waals surface area contributed by atoms with Crippen molar-refractivity contribution in [2.75, 3.05) is 26.2 Å². The summed E-state index contributed by atoms with van der Waals surface area (Å²) in [6.07, 6.45) is 2.05. The molecule has 6 heteroatoms. The van der Waals surface area contributed by atoms with Crippen molar-refractivity contribution in [3.05, 3.63) is 17.5 Å². The summed E-state index contributed by atoms with van der Waals surface area (Å²) in [5.41, 5.74) is 0.700. The molecule has 1 saturated carbocycles. The number of nitrogens with zero attached hydrogens (tertiary/aromatic N) is 3. The van der Waals surface area contributed by atoms with Gasteiger partial charge in [0.05, 0.1) is 5.69 Å². The fourth-order valence-electron chi connectivity index (χ4n) is 2.34. The molecule has 1 aliphatic carbocycles. The predicted molar refractivity (Wildman–Crippen MR) is 66.4 cm³/mol. The average molecular weight is 263 g/mol. The second kappa shape index (κ2) is 4.68. The van der Waals surface area contributed by atoms with Gasteiger partial charge in [0.25, 0.3) is 5.91 Å². The van der Waals surface area contributed by atoms with Gasteiger partial charge in [-0.05, 0) is 19.8 Å². The summed E-state index contributed by atoms with van der Waals surface area (Å²) >= 11 is 0. The number of aryl methyl sites for hydroxylation is 1. The Labute approximate surface area is 111 Å². The predicted octanol–water partition coefficient (Wildman–Crippen LogP) is 0.677. The Kier molecular flexibility index (Phi) is 3.00. The fourth-order valence-corrected chi connectivity index (χ4v) is 2.34. The van der Waals surface area contributed by atoms with Gasteiger partial charge in [-0.3, -0.25) is 9.59 Å². The topological polar surface area (TPSA) is 66.7 Å². The van der Waals surface area contributed by atoms with Crippen molar-refractivity contribution in [1.82, 2.24) is 15.0 Å². The summed E-state index contributed by atoms with van der Waals surface area (Å²) < 4.78 is 4.98. The molecule has 2 amide bonds.